The number of alkyl halides is 2. The van der Waals surface area contributed by atoms with Gasteiger partial charge < -0.3 is 30.6 Å². The van der Waals surface area contributed by atoms with Crippen molar-refractivity contribution >= 4 is 46.9 Å². The molecule has 1 aliphatic rings. The predicted molar refractivity (Wildman–Crippen MR) is 147 cm³/mol. The van der Waals surface area contributed by atoms with Crippen LogP contribution in [0.2, 0.25) is 0 Å². The lowest BCUT2D eigenvalue weighted by Crippen LogP contribution is -2.46. The van der Waals surface area contributed by atoms with E-state index in [1.807, 2.05) is 6.92 Å². The van der Waals surface area contributed by atoms with Crippen molar-refractivity contribution in [2.75, 3.05) is 24.7 Å². The molecular formula is C24H28BrFN7O7P. The second-order valence-corrected chi connectivity index (χ2v) is 12.0. The molecule has 0 saturated carbocycles. The van der Waals surface area contributed by atoms with E-state index in [1.165, 1.54) is 31.2 Å². The lowest BCUT2D eigenvalue weighted by atomic mass is 9.93. The number of carbonyl (C=O) groups excluding carboxylic acids is 1. The fourth-order valence-corrected chi connectivity index (χ4v) is 6.31. The molecular weight excluding hydrogens is 628 g/mol. The van der Waals surface area contributed by atoms with Gasteiger partial charge in [-0.15, -0.1) is 5.10 Å². The molecule has 0 bridgehead atoms. The summed E-state index contributed by atoms with van der Waals surface area (Å²) in [7, 11) is -4.39. The highest BCUT2D eigenvalue weighted by Crippen LogP contribution is 2.54. The maximum atomic E-state index is 16.2. The van der Waals surface area contributed by atoms with Gasteiger partial charge in [-0.2, -0.15) is 15.3 Å². The minimum atomic E-state index is -4.39. The van der Waals surface area contributed by atoms with Gasteiger partial charge in [0.25, 0.3) is 0 Å². The Morgan fingerprint density at radius 3 is 2.73 bits per heavy atom. The van der Waals surface area contributed by atoms with Crippen LogP contribution < -0.4 is 21.1 Å². The van der Waals surface area contributed by atoms with Crippen LogP contribution in [-0.2, 0) is 29.0 Å². The van der Waals surface area contributed by atoms with Crippen LogP contribution in [0.3, 0.4) is 0 Å². The number of nitrogens with zero attached hydrogens (tertiary/aromatic N) is 4. The molecule has 3 heterocycles. The van der Waals surface area contributed by atoms with Crippen molar-refractivity contribution in [1.82, 2.24) is 19.7 Å². The van der Waals surface area contributed by atoms with Gasteiger partial charge in [-0.1, -0.05) is 25.1 Å². The number of nitrogen functional groups attached to an aromatic ring is 2. The number of aliphatic hydroxyl groups excluding tert-OH is 1. The molecule has 2 aromatic heterocycles. The maximum absolute atomic E-state index is 16.2. The summed E-state index contributed by atoms with van der Waals surface area (Å²) in [5.74, 6) is -0.871. The molecule has 3 aromatic rings. The fraction of sp³-hybridized carbons (Fsp3) is 0.417. The van der Waals surface area contributed by atoms with E-state index in [0.717, 1.165) is 4.52 Å². The molecule has 0 aliphatic carbocycles. The van der Waals surface area contributed by atoms with Crippen LogP contribution >= 0.6 is 23.7 Å². The van der Waals surface area contributed by atoms with Crippen molar-refractivity contribution in [3.05, 3.63) is 48.2 Å². The summed E-state index contributed by atoms with van der Waals surface area (Å²) in [6.45, 7) is 2.62. The molecule has 1 fully saturated rings. The smallest absolute Gasteiger partial charge is 0.459 e. The number of ether oxygens (including phenoxy) is 2. The van der Waals surface area contributed by atoms with Crippen molar-refractivity contribution in [1.29, 1.82) is 5.26 Å². The standard InChI is InChI=1S/C24H28BrFN7O7P/c1-3-11-37-21(35)14(2)32-41(36,40-15-7-5-4-6-8-15)38-12-17-19(34)24(25,26)23(13-27,39-17)18-10-9-16-20(28)30-22(29)31-33(16)18/h4-10,14,17,19,34H,3,11-12H2,1-2H3,(H,32,36)(H4,28,29,30,31)/t14-,17+,19?,23-,24+,41?/m0/s1. The lowest BCUT2D eigenvalue weighted by molar-refractivity contribution is -0.145. The Kier molecular flexibility index (Phi) is 8.88. The van der Waals surface area contributed by atoms with Crippen LogP contribution in [0.15, 0.2) is 42.5 Å². The van der Waals surface area contributed by atoms with E-state index in [-0.39, 0.29) is 35.3 Å². The molecule has 14 nitrogen and oxygen atoms in total. The number of para-hydroxylation sites is 1. The number of nitrogens with two attached hydrogens (primary N) is 2. The SMILES string of the molecule is CCCOC(=O)[C@H](C)NP(=O)(OC[C@H]1O[C@@](C#N)(c2ccc3c(N)nc(N)nn23)[C@@](F)(Br)C1O)Oc1ccccc1. The Morgan fingerprint density at radius 2 is 2.07 bits per heavy atom. The van der Waals surface area contributed by atoms with E-state index in [0.29, 0.717) is 6.42 Å². The number of hydrogen-bond donors (Lipinski definition) is 4. The molecule has 0 amide bonds. The van der Waals surface area contributed by atoms with Gasteiger partial charge in [0.2, 0.25) is 16.1 Å². The number of esters is 1. The third-order valence-corrected chi connectivity index (χ3v) is 8.80. The molecule has 220 valence electrons. The minimum Gasteiger partial charge on any atom is -0.465 e. The lowest BCUT2D eigenvalue weighted by Gasteiger charge is -2.29. The van der Waals surface area contributed by atoms with Crippen molar-refractivity contribution in [2.24, 2.45) is 0 Å². The van der Waals surface area contributed by atoms with Gasteiger partial charge in [-0.3, -0.25) is 9.32 Å². The number of nitriles is 1. The average Bonchev–Trinajstić information content (AvgIpc) is 3.44. The second kappa shape index (κ2) is 11.9. The van der Waals surface area contributed by atoms with Crippen LogP contribution in [0.25, 0.3) is 5.52 Å². The van der Waals surface area contributed by atoms with Gasteiger partial charge in [0, 0.05) is 0 Å². The van der Waals surface area contributed by atoms with Crippen LogP contribution in [0.5, 0.6) is 5.75 Å². The summed E-state index contributed by atoms with van der Waals surface area (Å²) in [6, 6.07) is 11.3. The zero-order valence-electron chi connectivity index (χ0n) is 21.9. The zero-order valence-corrected chi connectivity index (χ0v) is 24.4. The number of carbonyl (C=O) groups is 1. The largest absolute Gasteiger partial charge is 0.465 e. The number of nitrogens with one attached hydrogen (secondary N) is 1. The molecule has 1 aromatic carbocycles. The summed E-state index contributed by atoms with van der Waals surface area (Å²) in [4.78, 5) is 16.2. The number of aromatic nitrogens is 3. The highest BCUT2D eigenvalue weighted by molar-refractivity contribution is 9.10. The number of aliphatic hydroxyl groups is 1. The number of anilines is 2. The summed E-state index contributed by atoms with van der Waals surface area (Å²) >= 11 is 2.82. The molecule has 1 aliphatic heterocycles. The first-order chi connectivity index (χ1) is 19.4. The third kappa shape index (κ3) is 5.87. The minimum absolute atomic E-state index is 0.0362. The van der Waals surface area contributed by atoms with Crippen LogP contribution in [0.1, 0.15) is 26.0 Å². The number of rotatable bonds is 11. The number of benzene rings is 1. The topological polar surface area (TPSA) is 209 Å². The number of fused-ring (bicyclic) bond motifs is 1. The fourth-order valence-electron chi connectivity index (χ4n) is 4.13. The summed E-state index contributed by atoms with van der Waals surface area (Å²) in [5, 5.41) is 27.6. The van der Waals surface area contributed by atoms with Crippen molar-refractivity contribution in [3.63, 3.8) is 0 Å². The van der Waals surface area contributed by atoms with Crippen molar-refractivity contribution in [2.45, 2.75) is 48.7 Å². The normalized spacial score (nSPS) is 26.2. The molecule has 0 radical (unpaired) electrons. The molecule has 17 heteroatoms. The maximum Gasteiger partial charge on any atom is 0.459 e. The summed E-state index contributed by atoms with van der Waals surface area (Å²) in [6.07, 6.45) is -3.02. The predicted octanol–water partition coefficient (Wildman–Crippen LogP) is 2.57. The Labute approximate surface area is 242 Å². The molecule has 1 saturated heterocycles. The molecule has 2 unspecified atom stereocenters. The van der Waals surface area contributed by atoms with Gasteiger partial charge in [0.15, 0.2) is 5.82 Å². The van der Waals surface area contributed by atoms with E-state index in [1.54, 1.807) is 24.3 Å². The van der Waals surface area contributed by atoms with E-state index >= 15 is 4.39 Å². The molecule has 4 rings (SSSR count). The quantitative estimate of drug-likeness (QED) is 0.133. The molecule has 6 atom stereocenters. The average molecular weight is 656 g/mol. The molecule has 41 heavy (non-hydrogen) atoms. The van der Waals surface area contributed by atoms with Crippen LogP contribution in [0, 0.1) is 11.3 Å². The van der Waals surface area contributed by atoms with E-state index in [4.69, 9.17) is 30.0 Å². The molecule has 6 N–H and O–H groups in total. The third-order valence-electron chi connectivity index (χ3n) is 6.13. The van der Waals surface area contributed by atoms with Gasteiger partial charge >= 0.3 is 13.7 Å². The van der Waals surface area contributed by atoms with E-state index in [2.05, 4.69) is 31.1 Å². The zero-order chi connectivity index (χ0) is 30.0. The number of hydrogen-bond acceptors (Lipinski definition) is 12. The summed E-state index contributed by atoms with van der Waals surface area (Å²) < 4.78 is 50.2. The highest BCUT2D eigenvalue weighted by atomic mass is 79.9. The first kappa shape index (κ1) is 30.6. The Morgan fingerprint density at radius 1 is 1.37 bits per heavy atom. The second-order valence-electron chi connectivity index (χ2n) is 9.10. The van der Waals surface area contributed by atoms with E-state index < -0.39 is 48.8 Å². The van der Waals surface area contributed by atoms with Gasteiger partial charge in [-0.25, -0.2) is 13.5 Å². The molecule has 0 spiro atoms. The van der Waals surface area contributed by atoms with Crippen LogP contribution in [0.4, 0.5) is 16.2 Å². The Balaban J connectivity index is 1.62. The van der Waals surface area contributed by atoms with Gasteiger partial charge in [0.05, 0.1) is 18.9 Å². The van der Waals surface area contributed by atoms with Crippen molar-refractivity contribution in [3.8, 4) is 11.8 Å². The first-order valence-corrected chi connectivity index (χ1v) is 14.7. The van der Waals surface area contributed by atoms with Gasteiger partial charge in [0.1, 0.15) is 35.6 Å². The number of halogens is 2. The summed E-state index contributed by atoms with van der Waals surface area (Å²) in [5.41, 5.74) is 9.13. The Bertz CT molecular complexity index is 1500. The monoisotopic (exact) mass is 655 g/mol. The Hall–Kier alpha value is -3.32. The first-order valence-electron chi connectivity index (χ1n) is 12.4. The van der Waals surface area contributed by atoms with Crippen LogP contribution in [-0.4, -0.2) is 61.7 Å². The van der Waals surface area contributed by atoms with Gasteiger partial charge in [-0.05, 0) is 53.5 Å². The van der Waals surface area contributed by atoms with E-state index in [9.17, 15) is 19.7 Å². The van der Waals surface area contributed by atoms with Crippen molar-refractivity contribution < 1.29 is 37.4 Å². The highest BCUT2D eigenvalue weighted by Gasteiger charge is 2.69.